The van der Waals surface area contributed by atoms with Crippen LogP contribution in [0.3, 0.4) is 0 Å². The number of Topliss-reactive ketones (excluding diaryl/α,β-unsaturated/α-hetero) is 1. The van der Waals surface area contributed by atoms with Crippen LogP contribution in [-0.2, 0) is 11.0 Å². The number of carbonyl (C=O) groups excluding carboxylic acids is 2. The van der Waals surface area contributed by atoms with Gasteiger partial charge in [0.15, 0.2) is 10.1 Å². The van der Waals surface area contributed by atoms with Crippen molar-refractivity contribution in [3.05, 3.63) is 35.4 Å². The molecule has 1 aromatic carbocycles. The highest BCUT2D eigenvalue weighted by Gasteiger charge is 2.30. The molecular formula is C17H18F3N3O2S2. The topological polar surface area (TPSA) is 72.0 Å². The molecular weight excluding hydrogens is 399 g/mol. The number of hydrogen-bond acceptors (Lipinski definition) is 6. The number of amides is 1. The van der Waals surface area contributed by atoms with Crippen molar-refractivity contribution in [2.75, 3.05) is 11.1 Å². The van der Waals surface area contributed by atoms with Crippen molar-refractivity contribution in [2.24, 2.45) is 5.41 Å². The van der Waals surface area contributed by atoms with Gasteiger partial charge in [0.2, 0.25) is 11.0 Å². The van der Waals surface area contributed by atoms with E-state index in [9.17, 15) is 22.8 Å². The van der Waals surface area contributed by atoms with Crippen LogP contribution < -0.4 is 5.32 Å². The van der Waals surface area contributed by atoms with Gasteiger partial charge in [-0.15, -0.1) is 10.2 Å². The molecule has 0 unspecified atom stereocenters. The van der Waals surface area contributed by atoms with Crippen LogP contribution in [0.5, 0.6) is 0 Å². The average Bonchev–Trinajstić information content (AvgIpc) is 2.97. The summed E-state index contributed by atoms with van der Waals surface area (Å²) in [5.74, 6) is -0.707. The summed E-state index contributed by atoms with van der Waals surface area (Å²) in [6.45, 7) is 5.81. The van der Waals surface area contributed by atoms with Gasteiger partial charge in [0.05, 0.1) is 11.3 Å². The Bertz CT molecular complexity index is 829. The Morgan fingerprint density at radius 3 is 2.52 bits per heavy atom. The number of alkyl halides is 3. The number of nitrogens with zero attached hydrogens (tertiary/aromatic N) is 2. The van der Waals surface area contributed by atoms with Crippen LogP contribution in [-0.4, -0.2) is 27.6 Å². The van der Waals surface area contributed by atoms with Gasteiger partial charge < -0.3 is 5.32 Å². The first-order chi connectivity index (χ1) is 12.4. The third kappa shape index (κ3) is 6.94. The number of thioether (sulfide) groups is 1. The average molecular weight is 417 g/mol. The Morgan fingerprint density at radius 1 is 1.19 bits per heavy atom. The van der Waals surface area contributed by atoms with Crippen molar-refractivity contribution >= 4 is 39.9 Å². The lowest BCUT2D eigenvalue weighted by Crippen LogP contribution is -2.19. The maximum absolute atomic E-state index is 12.7. The molecule has 1 amide bonds. The van der Waals surface area contributed by atoms with Crippen LogP contribution in [0, 0.1) is 5.41 Å². The van der Waals surface area contributed by atoms with Crippen molar-refractivity contribution in [1.29, 1.82) is 0 Å². The van der Waals surface area contributed by atoms with Gasteiger partial charge in [0, 0.05) is 12.0 Å². The van der Waals surface area contributed by atoms with E-state index in [4.69, 9.17) is 0 Å². The van der Waals surface area contributed by atoms with E-state index < -0.39 is 17.5 Å². The lowest BCUT2D eigenvalue weighted by Gasteiger charge is -2.16. The number of halogens is 3. The summed E-state index contributed by atoms with van der Waals surface area (Å²) in [6.07, 6.45) is -4.17. The Labute approximate surface area is 162 Å². The lowest BCUT2D eigenvalue weighted by molar-refractivity contribution is -0.137. The molecule has 2 rings (SSSR count). The fourth-order valence-corrected chi connectivity index (χ4v) is 3.71. The van der Waals surface area contributed by atoms with Gasteiger partial charge in [-0.3, -0.25) is 9.59 Å². The molecule has 0 radical (unpaired) electrons. The van der Waals surface area contributed by atoms with E-state index >= 15 is 0 Å². The minimum atomic E-state index is -4.50. The minimum Gasteiger partial charge on any atom is -0.300 e. The number of benzene rings is 1. The van der Waals surface area contributed by atoms with Crippen LogP contribution in [0.4, 0.5) is 18.3 Å². The van der Waals surface area contributed by atoms with Crippen LogP contribution in [0.2, 0.25) is 0 Å². The van der Waals surface area contributed by atoms with Crippen LogP contribution >= 0.6 is 23.1 Å². The molecule has 146 valence electrons. The summed E-state index contributed by atoms with van der Waals surface area (Å²) < 4.78 is 38.6. The molecule has 0 saturated carbocycles. The molecule has 0 aliphatic heterocycles. The highest BCUT2D eigenvalue weighted by molar-refractivity contribution is 8.01. The monoisotopic (exact) mass is 417 g/mol. The van der Waals surface area contributed by atoms with Crippen LogP contribution in [0.25, 0.3) is 0 Å². The van der Waals surface area contributed by atoms with Gasteiger partial charge in [0.25, 0.3) is 0 Å². The molecule has 0 bridgehead atoms. The van der Waals surface area contributed by atoms with E-state index in [-0.39, 0.29) is 22.6 Å². The molecule has 10 heteroatoms. The van der Waals surface area contributed by atoms with Crippen LogP contribution in [0.1, 0.15) is 43.1 Å². The zero-order valence-corrected chi connectivity index (χ0v) is 16.5. The number of hydrogen-bond donors (Lipinski definition) is 1. The number of carbonyl (C=O) groups is 2. The molecule has 27 heavy (non-hydrogen) atoms. The SMILES string of the molecule is CC(C)(C)CC(=O)Nc1nnc(SCC(=O)c2cccc(C(F)(F)F)c2)s1. The fourth-order valence-electron chi connectivity index (χ4n) is 2.04. The normalized spacial score (nSPS) is 12.1. The maximum Gasteiger partial charge on any atom is 0.416 e. The molecule has 1 N–H and O–H groups in total. The van der Waals surface area contributed by atoms with E-state index in [2.05, 4.69) is 15.5 Å². The standard InChI is InChI=1S/C17H18F3N3O2S2/c1-16(2,3)8-13(25)21-14-22-23-15(27-14)26-9-12(24)10-5-4-6-11(7-10)17(18,19)20/h4-7H,8-9H2,1-3H3,(H,21,22,25). The second-order valence-electron chi connectivity index (χ2n) is 6.95. The largest absolute Gasteiger partial charge is 0.416 e. The predicted octanol–water partition coefficient (Wildman–Crippen LogP) is 4.91. The van der Waals surface area contributed by atoms with E-state index in [0.717, 1.165) is 35.2 Å². The van der Waals surface area contributed by atoms with Crippen molar-refractivity contribution in [3.63, 3.8) is 0 Å². The molecule has 5 nitrogen and oxygen atoms in total. The van der Waals surface area contributed by atoms with E-state index in [1.54, 1.807) is 0 Å². The molecule has 0 saturated heterocycles. The molecule has 0 fully saturated rings. The summed E-state index contributed by atoms with van der Waals surface area (Å²) in [5.41, 5.74) is -1.04. The van der Waals surface area contributed by atoms with Crippen molar-refractivity contribution in [1.82, 2.24) is 10.2 Å². The van der Waals surface area contributed by atoms with Crippen LogP contribution in [0.15, 0.2) is 28.6 Å². The summed E-state index contributed by atoms with van der Waals surface area (Å²) in [7, 11) is 0. The van der Waals surface area contributed by atoms with E-state index in [0.29, 0.717) is 15.9 Å². The second kappa shape index (κ2) is 8.39. The number of ketones is 1. The second-order valence-corrected chi connectivity index (χ2v) is 9.15. The van der Waals surface area contributed by atoms with E-state index in [1.807, 2.05) is 20.8 Å². The summed E-state index contributed by atoms with van der Waals surface area (Å²) in [4.78, 5) is 24.0. The van der Waals surface area contributed by atoms with E-state index in [1.165, 1.54) is 12.1 Å². The maximum atomic E-state index is 12.7. The first-order valence-corrected chi connectivity index (χ1v) is 9.71. The number of rotatable bonds is 6. The molecule has 0 spiro atoms. The van der Waals surface area contributed by atoms with Crippen molar-refractivity contribution in [2.45, 2.75) is 37.7 Å². The summed E-state index contributed by atoms with van der Waals surface area (Å²) in [5, 5.41) is 10.7. The number of anilines is 1. The van der Waals surface area contributed by atoms with Crippen molar-refractivity contribution in [3.8, 4) is 0 Å². The zero-order chi connectivity index (χ0) is 20.2. The summed E-state index contributed by atoms with van der Waals surface area (Å²) >= 11 is 2.17. The highest BCUT2D eigenvalue weighted by Crippen LogP contribution is 2.31. The highest BCUT2D eigenvalue weighted by atomic mass is 32.2. The molecule has 0 aliphatic carbocycles. The quantitative estimate of drug-likeness (QED) is 0.411. The van der Waals surface area contributed by atoms with Gasteiger partial charge in [-0.1, -0.05) is 56.0 Å². The smallest absolute Gasteiger partial charge is 0.300 e. The fraction of sp³-hybridized carbons (Fsp3) is 0.412. The third-order valence-corrected chi connectivity index (χ3v) is 5.15. The van der Waals surface area contributed by atoms with Gasteiger partial charge in [-0.2, -0.15) is 13.2 Å². The van der Waals surface area contributed by atoms with Crippen molar-refractivity contribution < 1.29 is 22.8 Å². The lowest BCUT2D eigenvalue weighted by atomic mass is 9.92. The van der Waals surface area contributed by atoms with Gasteiger partial charge >= 0.3 is 6.18 Å². The predicted molar refractivity (Wildman–Crippen MR) is 99.1 cm³/mol. The molecule has 2 aromatic rings. The molecule has 0 atom stereocenters. The Balaban J connectivity index is 1.93. The Morgan fingerprint density at radius 2 is 1.89 bits per heavy atom. The molecule has 0 aliphatic rings. The summed E-state index contributed by atoms with van der Waals surface area (Å²) in [6, 6.07) is 4.30. The van der Waals surface area contributed by atoms with Gasteiger partial charge in [-0.25, -0.2) is 0 Å². The number of aromatic nitrogens is 2. The molecule has 1 heterocycles. The minimum absolute atomic E-state index is 0.0134. The molecule has 1 aromatic heterocycles. The van der Waals surface area contributed by atoms with Gasteiger partial charge in [0.1, 0.15) is 0 Å². The van der Waals surface area contributed by atoms with Gasteiger partial charge in [-0.05, 0) is 17.5 Å². The zero-order valence-electron chi connectivity index (χ0n) is 14.9. The first-order valence-electron chi connectivity index (χ1n) is 7.91. The Hall–Kier alpha value is -1.94. The first kappa shape index (κ1) is 21.4. The number of nitrogens with one attached hydrogen (secondary N) is 1. The third-order valence-electron chi connectivity index (χ3n) is 3.18. The Kier molecular flexibility index (Phi) is 6.63.